The number of carbonyl (C=O) groups is 3. The van der Waals surface area contributed by atoms with Crippen molar-refractivity contribution < 1.29 is 28.6 Å². The Morgan fingerprint density at radius 3 is 0.766 bits per heavy atom. The highest BCUT2D eigenvalue weighted by Gasteiger charge is 2.19. The highest BCUT2D eigenvalue weighted by molar-refractivity contribution is 5.71. The standard InChI is InChI=1S/C58H112O6/c1-6-7-8-9-10-11-12-13-14-15-16-17-20-24-29-35-40-45-50-58(61)64-55(52-63-57(60)49-44-39-34-30-25-27-32-37-42-47-54(4)5)51-62-56(59)48-43-38-33-28-23-21-18-19-22-26-31-36-41-46-53(2)3/h53-55H,6-52H2,1-5H3/t55-/m1/s1. The van der Waals surface area contributed by atoms with E-state index in [1.54, 1.807) is 0 Å². The van der Waals surface area contributed by atoms with Crippen LogP contribution in [-0.4, -0.2) is 37.2 Å². The molecule has 0 spiro atoms. The monoisotopic (exact) mass is 905 g/mol. The van der Waals surface area contributed by atoms with Crippen LogP contribution in [0.2, 0.25) is 0 Å². The van der Waals surface area contributed by atoms with Gasteiger partial charge in [-0.25, -0.2) is 0 Å². The van der Waals surface area contributed by atoms with Crippen LogP contribution < -0.4 is 0 Å². The van der Waals surface area contributed by atoms with Gasteiger partial charge in [-0.15, -0.1) is 0 Å². The van der Waals surface area contributed by atoms with Gasteiger partial charge in [0.25, 0.3) is 0 Å². The topological polar surface area (TPSA) is 78.9 Å². The first kappa shape index (κ1) is 62.4. The molecule has 0 aromatic carbocycles. The maximum atomic E-state index is 12.8. The summed E-state index contributed by atoms with van der Waals surface area (Å²) >= 11 is 0. The maximum absolute atomic E-state index is 12.8. The number of esters is 3. The molecule has 0 aliphatic rings. The van der Waals surface area contributed by atoms with E-state index < -0.39 is 6.10 Å². The van der Waals surface area contributed by atoms with Crippen LogP contribution >= 0.6 is 0 Å². The lowest BCUT2D eigenvalue weighted by molar-refractivity contribution is -0.167. The third kappa shape index (κ3) is 51.4. The second kappa shape index (κ2) is 50.8. The summed E-state index contributed by atoms with van der Waals surface area (Å²) in [5, 5.41) is 0. The fraction of sp³-hybridized carbons (Fsp3) is 0.948. The van der Waals surface area contributed by atoms with Gasteiger partial charge in [-0.05, 0) is 31.1 Å². The van der Waals surface area contributed by atoms with E-state index in [1.807, 2.05) is 0 Å². The Hall–Kier alpha value is -1.59. The molecule has 0 aliphatic heterocycles. The quantitative estimate of drug-likeness (QED) is 0.0344. The molecule has 6 heteroatoms. The summed E-state index contributed by atoms with van der Waals surface area (Å²) in [6, 6.07) is 0. The molecule has 0 amide bonds. The minimum absolute atomic E-state index is 0.0631. The predicted octanol–water partition coefficient (Wildman–Crippen LogP) is 18.9. The molecule has 6 nitrogen and oxygen atoms in total. The van der Waals surface area contributed by atoms with Gasteiger partial charge in [0, 0.05) is 19.3 Å². The number of carbonyl (C=O) groups excluding carboxylic acids is 3. The molecule has 0 aromatic rings. The summed E-state index contributed by atoms with van der Waals surface area (Å²) < 4.78 is 16.9. The van der Waals surface area contributed by atoms with Crippen molar-refractivity contribution in [2.24, 2.45) is 11.8 Å². The van der Waals surface area contributed by atoms with Crippen molar-refractivity contribution in [1.29, 1.82) is 0 Å². The second-order valence-electron chi connectivity index (χ2n) is 20.9. The first-order chi connectivity index (χ1) is 31.2. The lowest BCUT2D eigenvalue weighted by atomic mass is 10.0. The first-order valence-corrected chi connectivity index (χ1v) is 28.7. The van der Waals surface area contributed by atoms with Crippen molar-refractivity contribution in [2.75, 3.05) is 13.2 Å². The largest absolute Gasteiger partial charge is 0.462 e. The van der Waals surface area contributed by atoms with Crippen LogP contribution in [-0.2, 0) is 28.6 Å². The van der Waals surface area contributed by atoms with E-state index in [4.69, 9.17) is 14.2 Å². The van der Waals surface area contributed by atoms with Crippen molar-refractivity contribution in [3.63, 3.8) is 0 Å². The number of unbranched alkanes of at least 4 members (excludes halogenated alkanes) is 37. The van der Waals surface area contributed by atoms with E-state index >= 15 is 0 Å². The Morgan fingerprint density at radius 1 is 0.297 bits per heavy atom. The zero-order valence-electron chi connectivity index (χ0n) is 43.9. The van der Waals surface area contributed by atoms with Crippen LogP contribution in [0.1, 0.15) is 324 Å². The molecule has 0 rings (SSSR count). The van der Waals surface area contributed by atoms with E-state index in [0.717, 1.165) is 69.6 Å². The van der Waals surface area contributed by atoms with Crippen molar-refractivity contribution in [1.82, 2.24) is 0 Å². The summed E-state index contributed by atoms with van der Waals surface area (Å²) in [4.78, 5) is 38.1. The van der Waals surface area contributed by atoms with E-state index in [9.17, 15) is 14.4 Å². The van der Waals surface area contributed by atoms with Gasteiger partial charge >= 0.3 is 17.9 Å². The fourth-order valence-corrected chi connectivity index (χ4v) is 8.87. The molecule has 0 saturated heterocycles. The molecule has 0 bridgehead atoms. The molecule has 0 aliphatic carbocycles. The SMILES string of the molecule is CCCCCCCCCCCCCCCCCCCCC(=O)O[C@H](COC(=O)CCCCCCCCCCCCCCCC(C)C)COC(=O)CCCCCCCCCCCC(C)C. The Bertz CT molecular complexity index is 978. The average molecular weight is 906 g/mol. The molecule has 1 atom stereocenters. The van der Waals surface area contributed by atoms with E-state index in [2.05, 4.69) is 34.6 Å². The van der Waals surface area contributed by atoms with Gasteiger partial charge in [-0.3, -0.25) is 14.4 Å². The molecule has 0 fully saturated rings. The molecule has 0 saturated carbocycles. The van der Waals surface area contributed by atoms with Crippen molar-refractivity contribution in [2.45, 2.75) is 330 Å². The molecule has 0 unspecified atom stereocenters. The minimum Gasteiger partial charge on any atom is -0.462 e. The van der Waals surface area contributed by atoms with Crippen molar-refractivity contribution in [3.8, 4) is 0 Å². The third-order valence-corrected chi connectivity index (χ3v) is 13.2. The van der Waals surface area contributed by atoms with Crippen molar-refractivity contribution in [3.05, 3.63) is 0 Å². The van der Waals surface area contributed by atoms with E-state index in [1.165, 1.54) is 212 Å². The number of ether oxygens (including phenoxy) is 3. The molecule has 0 N–H and O–H groups in total. The number of rotatable bonds is 52. The Balaban J connectivity index is 4.28. The van der Waals surface area contributed by atoms with Gasteiger partial charge < -0.3 is 14.2 Å². The zero-order valence-corrected chi connectivity index (χ0v) is 43.9. The van der Waals surface area contributed by atoms with Gasteiger partial charge in [0.15, 0.2) is 6.10 Å². The highest BCUT2D eigenvalue weighted by atomic mass is 16.6. The molecular formula is C58H112O6. The summed E-state index contributed by atoms with van der Waals surface area (Å²) in [5.41, 5.74) is 0. The Kier molecular flexibility index (Phi) is 49.6. The molecular weight excluding hydrogens is 793 g/mol. The molecule has 0 aromatic heterocycles. The van der Waals surface area contributed by atoms with Crippen LogP contribution in [0, 0.1) is 11.8 Å². The van der Waals surface area contributed by atoms with Crippen LogP contribution in [0.15, 0.2) is 0 Å². The average Bonchev–Trinajstić information content (AvgIpc) is 3.27. The number of hydrogen-bond donors (Lipinski definition) is 0. The highest BCUT2D eigenvalue weighted by Crippen LogP contribution is 2.18. The van der Waals surface area contributed by atoms with Gasteiger partial charge in [0.05, 0.1) is 0 Å². The lowest BCUT2D eigenvalue weighted by Gasteiger charge is -2.18. The van der Waals surface area contributed by atoms with Crippen molar-refractivity contribution >= 4 is 17.9 Å². The zero-order chi connectivity index (χ0) is 46.8. The second-order valence-corrected chi connectivity index (χ2v) is 20.9. The van der Waals surface area contributed by atoms with E-state index in [-0.39, 0.29) is 31.1 Å². The van der Waals surface area contributed by atoms with Crippen LogP contribution in [0.25, 0.3) is 0 Å². The van der Waals surface area contributed by atoms with Gasteiger partial charge in [0.1, 0.15) is 13.2 Å². The van der Waals surface area contributed by atoms with Crippen LogP contribution in [0.5, 0.6) is 0 Å². The van der Waals surface area contributed by atoms with Crippen LogP contribution in [0.3, 0.4) is 0 Å². The Morgan fingerprint density at radius 2 is 0.516 bits per heavy atom. The molecule has 0 heterocycles. The lowest BCUT2D eigenvalue weighted by Crippen LogP contribution is -2.30. The predicted molar refractivity (Wildman–Crippen MR) is 275 cm³/mol. The summed E-state index contributed by atoms with van der Waals surface area (Å²) in [5.74, 6) is 0.807. The van der Waals surface area contributed by atoms with Gasteiger partial charge in [0.2, 0.25) is 0 Å². The third-order valence-electron chi connectivity index (χ3n) is 13.2. The summed E-state index contributed by atoms with van der Waals surface area (Å²) in [6.07, 6.45) is 53.8. The minimum atomic E-state index is -0.763. The number of hydrogen-bond acceptors (Lipinski definition) is 6. The smallest absolute Gasteiger partial charge is 0.306 e. The van der Waals surface area contributed by atoms with Gasteiger partial charge in [-0.1, -0.05) is 285 Å². The first-order valence-electron chi connectivity index (χ1n) is 28.7. The normalized spacial score (nSPS) is 12.0. The summed E-state index contributed by atoms with van der Waals surface area (Å²) in [7, 11) is 0. The molecule has 0 radical (unpaired) electrons. The Labute approximate surface area is 399 Å². The molecule has 380 valence electrons. The fourth-order valence-electron chi connectivity index (χ4n) is 8.87. The maximum Gasteiger partial charge on any atom is 0.306 e. The van der Waals surface area contributed by atoms with Crippen LogP contribution in [0.4, 0.5) is 0 Å². The molecule has 64 heavy (non-hydrogen) atoms. The van der Waals surface area contributed by atoms with Gasteiger partial charge in [-0.2, -0.15) is 0 Å². The van der Waals surface area contributed by atoms with E-state index in [0.29, 0.717) is 19.3 Å². The summed E-state index contributed by atoms with van der Waals surface area (Å²) in [6.45, 7) is 11.4.